The van der Waals surface area contributed by atoms with Crippen LogP contribution in [0.15, 0.2) is 48.5 Å². The molecule has 1 N–H and O–H groups in total. The highest BCUT2D eigenvalue weighted by molar-refractivity contribution is 5.75. The van der Waals surface area contributed by atoms with Gasteiger partial charge < -0.3 is 19.3 Å². The number of hydrogen-bond acceptors (Lipinski definition) is 5. The molecule has 2 atom stereocenters. The van der Waals surface area contributed by atoms with E-state index in [1.807, 2.05) is 30.3 Å². The third-order valence-corrected chi connectivity index (χ3v) is 3.76. The van der Waals surface area contributed by atoms with Crippen molar-refractivity contribution in [2.24, 2.45) is 0 Å². The van der Waals surface area contributed by atoms with Crippen molar-refractivity contribution in [3.63, 3.8) is 0 Å². The molecular formula is C21H25FO5. The van der Waals surface area contributed by atoms with E-state index in [4.69, 9.17) is 14.2 Å². The molecule has 2 aromatic carbocycles. The van der Waals surface area contributed by atoms with Gasteiger partial charge in [-0.1, -0.05) is 36.4 Å². The van der Waals surface area contributed by atoms with Crippen molar-refractivity contribution in [3.8, 4) is 5.75 Å². The van der Waals surface area contributed by atoms with Gasteiger partial charge in [0.05, 0.1) is 12.7 Å². The standard InChI is InChI=1S/C21H25FO5/c1-4-25-21(24)20(27-14(2)3)19(23)16-10-11-18(17(22)12-16)26-13-15-8-6-5-7-9-15/h5-12,14,19-20,23H,4,13H2,1-3H3. The molecule has 0 amide bonds. The molecule has 27 heavy (non-hydrogen) atoms. The lowest BCUT2D eigenvalue weighted by atomic mass is 10.0. The van der Waals surface area contributed by atoms with Crippen LogP contribution in [0.1, 0.15) is 38.0 Å². The maximum absolute atomic E-state index is 14.4. The number of halogens is 1. The largest absolute Gasteiger partial charge is 0.486 e. The van der Waals surface area contributed by atoms with Crippen LogP contribution in [-0.4, -0.2) is 29.9 Å². The topological polar surface area (TPSA) is 65.0 Å². The first kappa shape index (κ1) is 20.9. The second-order valence-corrected chi connectivity index (χ2v) is 6.27. The van der Waals surface area contributed by atoms with Crippen molar-refractivity contribution in [3.05, 3.63) is 65.5 Å². The van der Waals surface area contributed by atoms with Gasteiger partial charge in [-0.25, -0.2) is 9.18 Å². The van der Waals surface area contributed by atoms with Gasteiger partial charge in [0.25, 0.3) is 0 Å². The second kappa shape index (κ2) is 10.0. The number of aliphatic hydroxyl groups excluding tert-OH is 1. The minimum atomic E-state index is -1.36. The Bertz CT molecular complexity index is 733. The van der Waals surface area contributed by atoms with Gasteiger partial charge in [-0.3, -0.25) is 0 Å². The Hall–Kier alpha value is -2.44. The molecule has 2 aromatic rings. The summed E-state index contributed by atoms with van der Waals surface area (Å²) >= 11 is 0. The fourth-order valence-corrected chi connectivity index (χ4v) is 2.50. The fourth-order valence-electron chi connectivity index (χ4n) is 2.50. The molecule has 6 heteroatoms. The van der Waals surface area contributed by atoms with Gasteiger partial charge >= 0.3 is 5.97 Å². The molecule has 146 valence electrons. The minimum Gasteiger partial charge on any atom is -0.486 e. The van der Waals surface area contributed by atoms with Crippen LogP contribution in [-0.2, 0) is 20.9 Å². The summed E-state index contributed by atoms with van der Waals surface area (Å²) in [6, 6.07) is 13.5. The molecule has 0 fully saturated rings. The highest BCUT2D eigenvalue weighted by Crippen LogP contribution is 2.27. The summed E-state index contributed by atoms with van der Waals surface area (Å²) in [5.74, 6) is -1.26. The fraction of sp³-hybridized carbons (Fsp3) is 0.381. The summed E-state index contributed by atoms with van der Waals surface area (Å²) in [6.45, 7) is 5.51. The van der Waals surface area contributed by atoms with Gasteiger partial charge in [-0.2, -0.15) is 0 Å². The third-order valence-electron chi connectivity index (χ3n) is 3.76. The highest BCUT2D eigenvalue weighted by atomic mass is 19.1. The second-order valence-electron chi connectivity index (χ2n) is 6.27. The summed E-state index contributed by atoms with van der Waals surface area (Å²) in [5.41, 5.74) is 1.12. The van der Waals surface area contributed by atoms with Crippen LogP contribution >= 0.6 is 0 Å². The van der Waals surface area contributed by atoms with Crippen molar-refractivity contribution in [2.45, 2.75) is 45.7 Å². The Morgan fingerprint density at radius 2 is 1.85 bits per heavy atom. The van der Waals surface area contributed by atoms with Crippen molar-refractivity contribution in [1.82, 2.24) is 0 Å². The number of aliphatic hydroxyl groups is 1. The van der Waals surface area contributed by atoms with Crippen LogP contribution in [0.4, 0.5) is 4.39 Å². The molecule has 0 bridgehead atoms. The van der Waals surface area contributed by atoms with E-state index < -0.39 is 24.0 Å². The van der Waals surface area contributed by atoms with Crippen LogP contribution in [0, 0.1) is 5.82 Å². The summed E-state index contributed by atoms with van der Waals surface area (Å²) in [7, 11) is 0. The molecule has 0 spiro atoms. The Kier molecular flexibility index (Phi) is 7.76. The lowest BCUT2D eigenvalue weighted by Crippen LogP contribution is -2.35. The zero-order chi connectivity index (χ0) is 19.8. The average Bonchev–Trinajstić information content (AvgIpc) is 2.65. The van der Waals surface area contributed by atoms with E-state index in [2.05, 4.69) is 0 Å². The van der Waals surface area contributed by atoms with Gasteiger partial charge in [0, 0.05) is 0 Å². The highest BCUT2D eigenvalue weighted by Gasteiger charge is 2.31. The maximum Gasteiger partial charge on any atom is 0.338 e. The molecule has 0 aliphatic heterocycles. The van der Waals surface area contributed by atoms with Gasteiger partial charge in [0.2, 0.25) is 0 Å². The first-order valence-electron chi connectivity index (χ1n) is 8.88. The van der Waals surface area contributed by atoms with Crippen LogP contribution in [0.25, 0.3) is 0 Å². The number of ether oxygens (including phenoxy) is 3. The molecule has 0 radical (unpaired) electrons. The Labute approximate surface area is 158 Å². The molecule has 0 aliphatic rings. The van der Waals surface area contributed by atoms with E-state index in [0.717, 1.165) is 11.6 Å². The van der Waals surface area contributed by atoms with E-state index >= 15 is 0 Å². The van der Waals surface area contributed by atoms with Gasteiger partial charge in [-0.15, -0.1) is 0 Å². The zero-order valence-corrected chi connectivity index (χ0v) is 15.7. The van der Waals surface area contributed by atoms with Crippen molar-refractivity contribution >= 4 is 5.97 Å². The Morgan fingerprint density at radius 1 is 1.15 bits per heavy atom. The molecule has 0 saturated heterocycles. The molecule has 0 aromatic heterocycles. The van der Waals surface area contributed by atoms with Crippen molar-refractivity contribution < 1.29 is 28.5 Å². The van der Waals surface area contributed by atoms with Crippen LogP contribution < -0.4 is 4.74 Å². The molecule has 5 nitrogen and oxygen atoms in total. The van der Waals surface area contributed by atoms with Crippen LogP contribution in [0.5, 0.6) is 5.75 Å². The molecule has 2 unspecified atom stereocenters. The van der Waals surface area contributed by atoms with Crippen molar-refractivity contribution in [1.29, 1.82) is 0 Å². The SMILES string of the molecule is CCOC(=O)C(OC(C)C)C(O)c1ccc(OCc2ccccc2)c(F)c1. The van der Waals surface area contributed by atoms with Crippen molar-refractivity contribution in [2.75, 3.05) is 6.61 Å². The Morgan fingerprint density at radius 3 is 2.44 bits per heavy atom. The molecule has 0 saturated carbocycles. The number of rotatable bonds is 9. The van der Waals surface area contributed by atoms with E-state index in [-0.39, 0.29) is 30.6 Å². The first-order chi connectivity index (χ1) is 12.9. The predicted molar refractivity (Wildman–Crippen MR) is 98.8 cm³/mol. The van der Waals surface area contributed by atoms with E-state index in [1.165, 1.54) is 12.1 Å². The minimum absolute atomic E-state index is 0.0623. The average molecular weight is 376 g/mol. The quantitative estimate of drug-likeness (QED) is 0.675. The predicted octanol–water partition coefficient (Wildman–Crippen LogP) is 3.79. The number of carbonyl (C=O) groups excluding carboxylic acids is 1. The van der Waals surface area contributed by atoms with Gasteiger partial charge in [0.1, 0.15) is 12.7 Å². The molecule has 2 rings (SSSR count). The lowest BCUT2D eigenvalue weighted by molar-refractivity contribution is -0.169. The Balaban J connectivity index is 2.12. The van der Waals surface area contributed by atoms with Gasteiger partial charge in [0.15, 0.2) is 17.7 Å². The molecule has 0 aliphatic carbocycles. The van der Waals surface area contributed by atoms with Gasteiger partial charge in [-0.05, 0) is 44.0 Å². The van der Waals surface area contributed by atoms with E-state index in [1.54, 1.807) is 20.8 Å². The zero-order valence-electron chi connectivity index (χ0n) is 15.7. The molecule has 0 heterocycles. The van der Waals surface area contributed by atoms with E-state index in [9.17, 15) is 14.3 Å². The van der Waals surface area contributed by atoms with Crippen LogP contribution in [0.2, 0.25) is 0 Å². The molecular weight excluding hydrogens is 351 g/mol. The monoisotopic (exact) mass is 376 g/mol. The summed E-state index contributed by atoms with van der Waals surface area (Å²) in [6.07, 6.45) is -2.91. The van der Waals surface area contributed by atoms with E-state index in [0.29, 0.717) is 0 Å². The third kappa shape index (κ3) is 6.05. The number of benzene rings is 2. The number of carbonyl (C=O) groups is 1. The summed E-state index contributed by atoms with van der Waals surface area (Å²) in [5, 5.41) is 10.5. The first-order valence-corrected chi connectivity index (χ1v) is 8.88. The maximum atomic E-state index is 14.4. The lowest BCUT2D eigenvalue weighted by Gasteiger charge is -2.24. The normalized spacial score (nSPS) is 13.3. The van der Waals surface area contributed by atoms with Crippen LogP contribution in [0.3, 0.4) is 0 Å². The summed E-state index contributed by atoms with van der Waals surface area (Å²) in [4.78, 5) is 12.1. The number of esters is 1. The smallest absolute Gasteiger partial charge is 0.338 e. The summed E-state index contributed by atoms with van der Waals surface area (Å²) < 4.78 is 30.3. The number of hydrogen-bond donors (Lipinski definition) is 1.